The summed E-state index contributed by atoms with van der Waals surface area (Å²) in [6, 6.07) is 18.3. The molecule has 3 nitrogen and oxygen atoms in total. The Balaban J connectivity index is 1.75. The van der Waals surface area contributed by atoms with Crippen molar-refractivity contribution in [3.63, 3.8) is 0 Å². The number of benzene rings is 2. The fraction of sp³-hybridized carbons (Fsp3) is 0.238. The number of hydrogen-bond donors (Lipinski definition) is 1. The van der Waals surface area contributed by atoms with E-state index in [1.54, 1.807) is 6.20 Å². The second kappa shape index (κ2) is 7.26. The molecule has 3 rings (SSSR count). The van der Waals surface area contributed by atoms with Crippen molar-refractivity contribution in [2.75, 3.05) is 0 Å². The Morgan fingerprint density at radius 1 is 1.08 bits per heavy atom. The van der Waals surface area contributed by atoms with Gasteiger partial charge in [-0.05, 0) is 30.5 Å². The number of aryl methyl sites for hydroxylation is 1. The summed E-state index contributed by atoms with van der Waals surface area (Å²) in [6.07, 6.45) is 2.98. The number of aromatic nitrogens is 1. The summed E-state index contributed by atoms with van der Waals surface area (Å²) in [5.74, 6) is 0.0283. The molecule has 0 aliphatic heterocycles. The molecule has 0 bridgehead atoms. The van der Waals surface area contributed by atoms with Crippen LogP contribution in [0.25, 0.3) is 10.9 Å². The van der Waals surface area contributed by atoms with Crippen LogP contribution in [0.5, 0.6) is 0 Å². The van der Waals surface area contributed by atoms with E-state index in [0.717, 1.165) is 28.5 Å². The Kier molecular flexibility index (Phi) is 4.90. The van der Waals surface area contributed by atoms with Crippen molar-refractivity contribution in [3.05, 3.63) is 77.5 Å². The zero-order valence-electron chi connectivity index (χ0n) is 14.1. The monoisotopic (exact) mass is 318 g/mol. The standard InChI is InChI=1S/C21H22N2O/c1-3-19(16-11-9-15(2)10-12-16)23-20(24)14-18-7-4-6-17-8-5-13-22-21(17)18/h4-13,19H,3,14H2,1-2H3,(H,23,24). The molecule has 1 unspecified atom stereocenters. The average Bonchev–Trinajstić information content (AvgIpc) is 2.61. The summed E-state index contributed by atoms with van der Waals surface area (Å²) >= 11 is 0. The van der Waals surface area contributed by atoms with E-state index in [2.05, 4.69) is 48.4 Å². The number of fused-ring (bicyclic) bond motifs is 1. The molecule has 1 aromatic heterocycles. The lowest BCUT2D eigenvalue weighted by atomic mass is 10.0. The van der Waals surface area contributed by atoms with Gasteiger partial charge in [0.15, 0.2) is 0 Å². The lowest BCUT2D eigenvalue weighted by Gasteiger charge is -2.18. The van der Waals surface area contributed by atoms with Gasteiger partial charge in [-0.2, -0.15) is 0 Å². The third-order valence-corrected chi connectivity index (χ3v) is 4.29. The van der Waals surface area contributed by atoms with Crippen LogP contribution in [0.15, 0.2) is 60.8 Å². The van der Waals surface area contributed by atoms with Crippen molar-refractivity contribution in [1.29, 1.82) is 0 Å². The van der Waals surface area contributed by atoms with Crippen LogP contribution in [0.4, 0.5) is 0 Å². The Bertz CT molecular complexity index is 835. The maximum Gasteiger partial charge on any atom is 0.224 e. The predicted octanol–water partition coefficient (Wildman–Crippen LogP) is 4.35. The average molecular weight is 318 g/mol. The lowest BCUT2D eigenvalue weighted by molar-refractivity contribution is -0.121. The molecule has 1 N–H and O–H groups in total. The van der Waals surface area contributed by atoms with E-state index < -0.39 is 0 Å². The van der Waals surface area contributed by atoms with Gasteiger partial charge >= 0.3 is 0 Å². The highest BCUT2D eigenvalue weighted by molar-refractivity contribution is 5.87. The molecule has 1 atom stereocenters. The minimum atomic E-state index is 0.0283. The molecule has 0 fully saturated rings. The highest BCUT2D eigenvalue weighted by Gasteiger charge is 2.14. The Morgan fingerprint density at radius 3 is 2.58 bits per heavy atom. The lowest BCUT2D eigenvalue weighted by Crippen LogP contribution is -2.29. The molecule has 3 heteroatoms. The first-order valence-electron chi connectivity index (χ1n) is 8.36. The van der Waals surface area contributed by atoms with Crippen molar-refractivity contribution in [3.8, 4) is 0 Å². The zero-order valence-corrected chi connectivity index (χ0v) is 14.1. The van der Waals surface area contributed by atoms with Crippen LogP contribution in [-0.2, 0) is 11.2 Å². The van der Waals surface area contributed by atoms with Gasteiger partial charge in [-0.25, -0.2) is 0 Å². The van der Waals surface area contributed by atoms with Crippen molar-refractivity contribution in [2.24, 2.45) is 0 Å². The fourth-order valence-corrected chi connectivity index (χ4v) is 2.95. The largest absolute Gasteiger partial charge is 0.349 e. The number of pyridine rings is 1. The number of carbonyl (C=O) groups is 1. The second-order valence-electron chi connectivity index (χ2n) is 6.11. The fourth-order valence-electron chi connectivity index (χ4n) is 2.95. The normalized spacial score (nSPS) is 12.1. The van der Waals surface area contributed by atoms with Crippen LogP contribution in [0.2, 0.25) is 0 Å². The quantitative estimate of drug-likeness (QED) is 0.760. The van der Waals surface area contributed by atoms with Crippen LogP contribution >= 0.6 is 0 Å². The first-order valence-corrected chi connectivity index (χ1v) is 8.36. The maximum atomic E-state index is 12.5. The minimum Gasteiger partial charge on any atom is -0.349 e. The molecule has 0 saturated heterocycles. The molecule has 2 aromatic carbocycles. The van der Waals surface area contributed by atoms with Gasteiger partial charge in [-0.1, -0.05) is 61.0 Å². The number of nitrogens with one attached hydrogen (secondary N) is 1. The van der Waals surface area contributed by atoms with Crippen LogP contribution < -0.4 is 5.32 Å². The van der Waals surface area contributed by atoms with Crippen molar-refractivity contribution in [2.45, 2.75) is 32.7 Å². The Morgan fingerprint density at radius 2 is 1.83 bits per heavy atom. The van der Waals surface area contributed by atoms with E-state index in [0.29, 0.717) is 6.42 Å². The number of carbonyl (C=O) groups excluding carboxylic acids is 1. The van der Waals surface area contributed by atoms with Crippen LogP contribution in [0.1, 0.15) is 36.1 Å². The summed E-state index contributed by atoms with van der Waals surface area (Å²) < 4.78 is 0. The van der Waals surface area contributed by atoms with E-state index in [9.17, 15) is 4.79 Å². The summed E-state index contributed by atoms with van der Waals surface area (Å²) in [6.45, 7) is 4.15. The summed E-state index contributed by atoms with van der Waals surface area (Å²) in [7, 11) is 0. The smallest absolute Gasteiger partial charge is 0.224 e. The Hall–Kier alpha value is -2.68. The molecule has 0 radical (unpaired) electrons. The predicted molar refractivity (Wildman–Crippen MR) is 97.8 cm³/mol. The van der Waals surface area contributed by atoms with Gasteiger partial charge in [-0.3, -0.25) is 9.78 Å². The van der Waals surface area contributed by atoms with Gasteiger partial charge in [0, 0.05) is 11.6 Å². The Labute approximate surface area is 142 Å². The van der Waals surface area contributed by atoms with Gasteiger partial charge < -0.3 is 5.32 Å². The van der Waals surface area contributed by atoms with Crippen LogP contribution in [0, 0.1) is 6.92 Å². The molecule has 3 aromatic rings. The molecule has 1 heterocycles. The first kappa shape index (κ1) is 16.2. The van der Waals surface area contributed by atoms with Crippen LogP contribution in [-0.4, -0.2) is 10.9 Å². The second-order valence-corrected chi connectivity index (χ2v) is 6.11. The summed E-state index contributed by atoms with van der Waals surface area (Å²) in [5, 5.41) is 4.21. The molecular weight excluding hydrogens is 296 g/mol. The third kappa shape index (κ3) is 3.62. The van der Waals surface area contributed by atoms with Gasteiger partial charge in [0.1, 0.15) is 0 Å². The topological polar surface area (TPSA) is 42.0 Å². The molecule has 24 heavy (non-hydrogen) atoms. The molecule has 0 aliphatic carbocycles. The van der Waals surface area contributed by atoms with Crippen molar-refractivity contribution in [1.82, 2.24) is 10.3 Å². The highest BCUT2D eigenvalue weighted by atomic mass is 16.1. The molecule has 0 spiro atoms. The van der Waals surface area contributed by atoms with E-state index >= 15 is 0 Å². The number of rotatable bonds is 5. The van der Waals surface area contributed by atoms with Crippen molar-refractivity contribution >= 4 is 16.8 Å². The molecule has 0 saturated carbocycles. The molecule has 1 amide bonds. The molecule has 0 aliphatic rings. The van der Waals surface area contributed by atoms with Crippen LogP contribution in [0.3, 0.4) is 0 Å². The first-order chi connectivity index (χ1) is 11.7. The molecule has 122 valence electrons. The number of hydrogen-bond acceptors (Lipinski definition) is 2. The van der Waals surface area contributed by atoms with E-state index in [-0.39, 0.29) is 11.9 Å². The van der Waals surface area contributed by atoms with E-state index in [1.807, 2.05) is 30.3 Å². The minimum absolute atomic E-state index is 0.0283. The summed E-state index contributed by atoms with van der Waals surface area (Å²) in [5.41, 5.74) is 4.23. The van der Waals surface area contributed by atoms with E-state index in [4.69, 9.17) is 0 Å². The van der Waals surface area contributed by atoms with Gasteiger partial charge in [0.05, 0.1) is 18.0 Å². The number of nitrogens with zero attached hydrogens (tertiary/aromatic N) is 1. The third-order valence-electron chi connectivity index (χ3n) is 4.29. The molecular formula is C21H22N2O. The van der Waals surface area contributed by atoms with Gasteiger partial charge in [0.25, 0.3) is 0 Å². The van der Waals surface area contributed by atoms with Gasteiger partial charge in [-0.15, -0.1) is 0 Å². The highest BCUT2D eigenvalue weighted by Crippen LogP contribution is 2.19. The maximum absolute atomic E-state index is 12.5. The van der Waals surface area contributed by atoms with Gasteiger partial charge in [0.2, 0.25) is 5.91 Å². The number of amides is 1. The SMILES string of the molecule is CCC(NC(=O)Cc1cccc2cccnc12)c1ccc(C)cc1. The number of para-hydroxylation sites is 1. The zero-order chi connectivity index (χ0) is 16.9. The van der Waals surface area contributed by atoms with E-state index in [1.165, 1.54) is 5.56 Å². The summed E-state index contributed by atoms with van der Waals surface area (Å²) in [4.78, 5) is 16.9. The van der Waals surface area contributed by atoms with Crippen molar-refractivity contribution < 1.29 is 4.79 Å².